The Morgan fingerprint density at radius 3 is 2.69 bits per heavy atom. The number of hydrogen-bond donors (Lipinski definition) is 1. The number of nitrogens with zero attached hydrogens (tertiary/aromatic N) is 2. The van der Waals surface area contributed by atoms with Crippen molar-refractivity contribution < 1.29 is 18.7 Å². The van der Waals surface area contributed by atoms with Crippen LogP contribution in [-0.2, 0) is 16.1 Å². The second kappa shape index (κ2) is 9.65. The number of amides is 1. The van der Waals surface area contributed by atoms with E-state index in [0.29, 0.717) is 24.4 Å². The minimum absolute atomic E-state index is 0.105. The summed E-state index contributed by atoms with van der Waals surface area (Å²) in [5, 5.41) is 8.44. The molecule has 2 aromatic heterocycles. The smallest absolute Gasteiger partial charge is 0.305 e. The molecule has 3 aromatic rings. The molecular formula is C21H24FN3O3S. The van der Waals surface area contributed by atoms with Crippen LogP contribution in [-0.4, -0.2) is 35.3 Å². The highest BCUT2D eigenvalue weighted by Gasteiger charge is 2.16. The molecule has 0 unspecified atom stereocenters. The zero-order chi connectivity index (χ0) is 20.8. The highest BCUT2D eigenvalue weighted by atomic mass is 32.1. The van der Waals surface area contributed by atoms with E-state index < -0.39 is 0 Å². The average Bonchev–Trinajstić information content (AvgIpc) is 3.27. The van der Waals surface area contributed by atoms with E-state index in [1.54, 1.807) is 12.1 Å². The number of fused-ring (bicyclic) bond motifs is 1. The molecule has 8 heteroatoms. The van der Waals surface area contributed by atoms with Gasteiger partial charge in [-0.25, -0.2) is 4.39 Å². The van der Waals surface area contributed by atoms with Crippen LogP contribution < -0.4 is 5.32 Å². The molecule has 1 aromatic carbocycles. The number of rotatable bonds is 9. The SMILES string of the molecule is COC(=O)CCCCCNC(=O)c1cc2c(C)nn(Cc3ccc(F)cc3)c2s1. The van der Waals surface area contributed by atoms with Crippen LogP contribution in [0.25, 0.3) is 10.2 Å². The zero-order valence-corrected chi connectivity index (χ0v) is 17.4. The van der Waals surface area contributed by atoms with Crippen molar-refractivity contribution in [2.75, 3.05) is 13.7 Å². The summed E-state index contributed by atoms with van der Waals surface area (Å²) in [6, 6.07) is 8.21. The lowest BCUT2D eigenvalue weighted by Crippen LogP contribution is -2.23. The Kier molecular flexibility index (Phi) is 6.98. The molecule has 0 aliphatic heterocycles. The summed E-state index contributed by atoms with van der Waals surface area (Å²) in [7, 11) is 1.38. The number of carbonyl (C=O) groups excluding carboxylic acids is 2. The van der Waals surface area contributed by atoms with Gasteiger partial charge in [0.05, 0.1) is 24.2 Å². The van der Waals surface area contributed by atoms with Crippen molar-refractivity contribution in [3.63, 3.8) is 0 Å². The maximum absolute atomic E-state index is 13.1. The Balaban J connectivity index is 1.58. The topological polar surface area (TPSA) is 73.2 Å². The molecule has 0 bridgehead atoms. The number of methoxy groups -OCH3 is 1. The van der Waals surface area contributed by atoms with Crippen LogP contribution in [0.4, 0.5) is 4.39 Å². The fourth-order valence-corrected chi connectivity index (χ4v) is 4.13. The fraction of sp³-hybridized carbons (Fsp3) is 0.381. The first kappa shape index (κ1) is 21.0. The third kappa shape index (κ3) is 5.41. The first-order chi connectivity index (χ1) is 14.0. The molecule has 0 saturated heterocycles. The first-order valence-corrected chi connectivity index (χ1v) is 10.4. The van der Waals surface area contributed by atoms with Crippen LogP contribution >= 0.6 is 11.3 Å². The molecule has 0 radical (unpaired) electrons. The molecular weight excluding hydrogens is 393 g/mol. The molecule has 6 nitrogen and oxygen atoms in total. The van der Waals surface area contributed by atoms with Crippen molar-refractivity contribution in [2.24, 2.45) is 0 Å². The van der Waals surface area contributed by atoms with Gasteiger partial charge in [-0.1, -0.05) is 18.6 Å². The van der Waals surface area contributed by atoms with Crippen LogP contribution in [0, 0.1) is 12.7 Å². The minimum Gasteiger partial charge on any atom is -0.469 e. The molecule has 0 fully saturated rings. The van der Waals surface area contributed by atoms with Crippen LogP contribution in [0.15, 0.2) is 30.3 Å². The molecule has 0 atom stereocenters. The monoisotopic (exact) mass is 417 g/mol. The molecule has 154 valence electrons. The quantitative estimate of drug-likeness (QED) is 0.421. The van der Waals surface area contributed by atoms with Crippen LogP contribution in [0.5, 0.6) is 0 Å². The van der Waals surface area contributed by atoms with Crippen molar-refractivity contribution >= 4 is 33.4 Å². The largest absolute Gasteiger partial charge is 0.469 e. The average molecular weight is 418 g/mol. The van der Waals surface area contributed by atoms with Crippen LogP contribution in [0.3, 0.4) is 0 Å². The van der Waals surface area contributed by atoms with E-state index in [1.807, 2.05) is 17.7 Å². The van der Waals surface area contributed by atoms with Gasteiger partial charge in [-0.3, -0.25) is 14.3 Å². The van der Waals surface area contributed by atoms with Crippen molar-refractivity contribution in [3.8, 4) is 0 Å². The number of ether oxygens (including phenoxy) is 1. The predicted octanol–water partition coefficient (Wildman–Crippen LogP) is 4.06. The Labute approximate surface area is 172 Å². The summed E-state index contributed by atoms with van der Waals surface area (Å²) in [6.07, 6.45) is 2.83. The van der Waals surface area contributed by atoms with E-state index in [2.05, 4.69) is 15.2 Å². The summed E-state index contributed by atoms with van der Waals surface area (Å²) < 4.78 is 19.6. The van der Waals surface area contributed by atoms with E-state index >= 15 is 0 Å². The highest BCUT2D eigenvalue weighted by Crippen LogP contribution is 2.29. The molecule has 0 aliphatic rings. The maximum atomic E-state index is 13.1. The first-order valence-electron chi connectivity index (χ1n) is 9.54. The Hall–Kier alpha value is -2.74. The van der Waals surface area contributed by atoms with Crippen LogP contribution in [0.1, 0.15) is 46.6 Å². The third-order valence-electron chi connectivity index (χ3n) is 4.65. The number of carbonyl (C=O) groups is 2. The summed E-state index contributed by atoms with van der Waals surface area (Å²) in [5.74, 6) is -0.577. The number of esters is 1. The third-order valence-corrected chi connectivity index (χ3v) is 5.79. The molecule has 1 N–H and O–H groups in total. The van der Waals surface area contributed by atoms with E-state index in [9.17, 15) is 14.0 Å². The van der Waals surface area contributed by atoms with Gasteiger partial charge in [-0.2, -0.15) is 5.10 Å². The Morgan fingerprint density at radius 2 is 1.97 bits per heavy atom. The van der Waals surface area contributed by atoms with E-state index in [-0.39, 0.29) is 17.7 Å². The summed E-state index contributed by atoms with van der Waals surface area (Å²) >= 11 is 1.40. The predicted molar refractivity (Wildman–Crippen MR) is 111 cm³/mol. The minimum atomic E-state index is -0.268. The normalized spacial score (nSPS) is 11.0. The van der Waals surface area contributed by atoms with Gasteiger partial charge in [0.1, 0.15) is 10.6 Å². The number of aromatic nitrogens is 2. The van der Waals surface area contributed by atoms with Gasteiger partial charge >= 0.3 is 5.97 Å². The van der Waals surface area contributed by atoms with Gasteiger partial charge in [0, 0.05) is 18.4 Å². The van der Waals surface area contributed by atoms with Gasteiger partial charge in [-0.15, -0.1) is 11.3 Å². The molecule has 2 heterocycles. The number of hydrogen-bond acceptors (Lipinski definition) is 5. The number of thiophene rings is 1. The van der Waals surface area contributed by atoms with Crippen molar-refractivity contribution in [2.45, 2.75) is 39.2 Å². The van der Waals surface area contributed by atoms with E-state index in [0.717, 1.165) is 40.7 Å². The van der Waals surface area contributed by atoms with Crippen LogP contribution in [0.2, 0.25) is 0 Å². The molecule has 0 aliphatic carbocycles. The number of halogens is 1. The zero-order valence-electron chi connectivity index (χ0n) is 16.5. The number of benzene rings is 1. The molecule has 29 heavy (non-hydrogen) atoms. The lowest BCUT2D eigenvalue weighted by Gasteiger charge is -2.04. The van der Waals surface area contributed by atoms with Gasteiger partial charge in [-0.05, 0) is 43.5 Å². The van der Waals surface area contributed by atoms with Gasteiger partial charge < -0.3 is 10.1 Å². The number of nitrogens with one attached hydrogen (secondary N) is 1. The lowest BCUT2D eigenvalue weighted by molar-refractivity contribution is -0.140. The second-order valence-corrected chi connectivity index (χ2v) is 7.87. The number of aryl methyl sites for hydroxylation is 1. The molecule has 0 saturated carbocycles. The highest BCUT2D eigenvalue weighted by molar-refractivity contribution is 7.20. The van der Waals surface area contributed by atoms with E-state index in [4.69, 9.17) is 0 Å². The Morgan fingerprint density at radius 1 is 1.21 bits per heavy atom. The summed E-state index contributed by atoms with van der Waals surface area (Å²) in [6.45, 7) is 3.00. The van der Waals surface area contributed by atoms with Gasteiger partial charge in [0.2, 0.25) is 0 Å². The van der Waals surface area contributed by atoms with E-state index in [1.165, 1.54) is 30.6 Å². The Bertz CT molecular complexity index is 995. The lowest BCUT2D eigenvalue weighted by atomic mass is 10.2. The van der Waals surface area contributed by atoms with Crippen molar-refractivity contribution in [1.82, 2.24) is 15.1 Å². The summed E-state index contributed by atoms with van der Waals surface area (Å²) in [5.41, 5.74) is 1.81. The molecule has 3 rings (SSSR count). The van der Waals surface area contributed by atoms with Crippen molar-refractivity contribution in [3.05, 3.63) is 52.3 Å². The molecule has 0 spiro atoms. The number of unbranched alkanes of at least 4 members (excludes halogenated alkanes) is 2. The van der Waals surface area contributed by atoms with Gasteiger partial charge in [0.25, 0.3) is 5.91 Å². The summed E-state index contributed by atoms with van der Waals surface area (Å²) in [4.78, 5) is 25.1. The standard InChI is InChI=1S/C21H24FN3O3S/c1-14-17-12-18(20(27)23-11-5-3-4-6-19(26)28-2)29-21(17)25(24-14)13-15-7-9-16(22)10-8-15/h7-10,12H,3-6,11,13H2,1-2H3,(H,23,27). The van der Waals surface area contributed by atoms with Gasteiger partial charge in [0.15, 0.2) is 0 Å². The van der Waals surface area contributed by atoms with Crippen molar-refractivity contribution in [1.29, 1.82) is 0 Å². The maximum Gasteiger partial charge on any atom is 0.305 e. The fourth-order valence-electron chi connectivity index (χ4n) is 3.06. The molecule has 1 amide bonds. The second-order valence-electron chi connectivity index (χ2n) is 6.84.